The van der Waals surface area contributed by atoms with Crippen molar-refractivity contribution in [2.45, 2.75) is 32.1 Å². The van der Waals surface area contributed by atoms with Crippen molar-refractivity contribution in [3.05, 3.63) is 35.4 Å². The molecule has 6 heteroatoms. The Morgan fingerprint density at radius 1 is 1.30 bits per heavy atom. The summed E-state index contributed by atoms with van der Waals surface area (Å²) in [5.74, 6) is 0.0709. The lowest BCUT2D eigenvalue weighted by molar-refractivity contribution is -0.158. The number of halogens is 1. The van der Waals surface area contributed by atoms with Crippen molar-refractivity contribution in [2.75, 3.05) is 32.8 Å². The molecule has 3 unspecified atom stereocenters. The minimum Gasteiger partial charge on any atom is -0.370 e. The van der Waals surface area contributed by atoms with Gasteiger partial charge in [-0.05, 0) is 25.0 Å². The maximum Gasteiger partial charge on any atom is 0.253 e. The molecule has 2 heterocycles. The first-order valence-corrected chi connectivity index (χ1v) is 7.96. The number of carbonyl (C=O) groups is 1. The van der Waals surface area contributed by atoms with Gasteiger partial charge in [-0.2, -0.15) is 0 Å². The van der Waals surface area contributed by atoms with Gasteiger partial charge < -0.3 is 19.7 Å². The molecule has 2 fully saturated rings. The van der Waals surface area contributed by atoms with E-state index in [1.165, 1.54) is 5.56 Å². The van der Waals surface area contributed by atoms with E-state index < -0.39 is 0 Å². The van der Waals surface area contributed by atoms with Gasteiger partial charge in [0, 0.05) is 13.1 Å². The molecule has 1 aromatic carbocycles. The van der Waals surface area contributed by atoms with E-state index in [0.717, 1.165) is 12.1 Å². The summed E-state index contributed by atoms with van der Waals surface area (Å²) in [5.41, 5.74) is 2.36. The van der Waals surface area contributed by atoms with Gasteiger partial charge in [0.2, 0.25) is 0 Å². The number of hydrogen-bond acceptors (Lipinski definition) is 4. The van der Waals surface area contributed by atoms with Crippen LogP contribution < -0.4 is 5.32 Å². The van der Waals surface area contributed by atoms with Gasteiger partial charge in [-0.1, -0.05) is 24.3 Å². The van der Waals surface area contributed by atoms with E-state index in [1.54, 1.807) is 0 Å². The van der Waals surface area contributed by atoms with E-state index in [-0.39, 0.29) is 36.6 Å². The van der Waals surface area contributed by atoms with Crippen molar-refractivity contribution < 1.29 is 14.3 Å². The fourth-order valence-corrected chi connectivity index (χ4v) is 3.11. The molecule has 23 heavy (non-hydrogen) atoms. The molecule has 2 saturated heterocycles. The molecular formula is C17H25ClN2O3. The normalized spacial score (nSPS) is 28.1. The molecule has 2 aliphatic rings. The van der Waals surface area contributed by atoms with Gasteiger partial charge in [0.25, 0.3) is 5.91 Å². The monoisotopic (exact) mass is 340 g/mol. The molecule has 0 aliphatic carbocycles. The van der Waals surface area contributed by atoms with Gasteiger partial charge in [-0.25, -0.2) is 0 Å². The zero-order chi connectivity index (χ0) is 15.5. The average molecular weight is 341 g/mol. The third-order valence-corrected chi connectivity index (χ3v) is 4.45. The summed E-state index contributed by atoms with van der Waals surface area (Å²) in [6.07, 6.45) is -0.426. The van der Waals surface area contributed by atoms with Crippen LogP contribution in [0.4, 0.5) is 0 Å². The number of aryl methyl sites for hydroxylation is 1. The Labute approximate surface area is 143 Å². The molecule has 3 atom stereocenters. The number of nitrogens with one attached hydrogen (secondary N) is 1. The van der Waals surface area contributed by atoms with Crippen molar-refractivity contribution in [3.63, 3.8) is 0 Å². The first-order chi connectivity index (χ1) is 10.7. The van der Waals surface area contributed by atoms with Gasteiger partial charge in [-0.15, -0.1) is 12.4 Å². The lowest BCUT2D eigenvalue weighted by Crippen LogP contribution is -2.55. The number of hydrogen-bond donors (Lipinski definition) is 1. The van der Waals surface area contributed by atoms with Crippen molar-refractivity contribution in [1.29, 1.82) is 0 Å². The largest absolute Gasteiger partial charge is 0.370 e. The first-order valence-electron chi connectivity index (χ1n) is 7.96. The average Bonchev–Trinajstić information content (AvgIpc) is 2.56. The van der Waals surface area contributed by atoms with Gasteiger partial charge >= 0.3 is 0 Å². The number of benzene rings is 1. The molecule has 0 bridgehead atoms. The standard InChI is InChI=1S/C17H24N2O3.ClH/c1-12-5-3-4-6-14(12)16-10-19(13(2)11-22-16)17(20)15-9-18-7-8-21-15;/h3-6,13,15-16,18H,7-11H2,1-2H3;1H. The number of rotatable bonds is 2. The zero-order valence-electron chi connectivity index (χ0n) is 13.7. The van der Waals surface area contributed by atoms with Crippen molar-refractivity contribution >= 4 is 18.3 Å². The van der Waals surface area contributed by atoms with E-state index >= 15 is 0 Å². The summed E-state index contributed by atoms with van der Waals surface area (Å²) in [4.78, 5) is 14.6. The summed E-state index contributed by atoms with van der Waals surface area (Å²) in [7, 11) is 0. The highest BCUT2D eigenvalue weighted by molar-refractivity contribution is 5.85. The Kier molecular flexibility index (Phi) is 6.41. The van der Waals surface area contributed by atoms with E-state index in [0.29, 0.717) is 26.3 Å². The Morgan fingerprint density at radius 2 is 2.09 bits per heavy atom. The van der Waals surface area contributed by atoms with Crippen LogP contribution in [0.5, 0.6) is 0 Å². The molecule has 1 amide bonds. The Bertz CT molecular complexity index is 534. The van der Waals surface area contributed by atoms with E-state index in [1.807, 2.05) is 24.0 Å². The molecule has 5 nitrogen and oxygen atoms in total. The maximum absolute atomic E-state index is 12.7. The highest BCUT2D eigenvalue weighted by atomic mass is 35.5. The fraction of sp³-hybridized carbons (Fsp3) is 0.588. The van der Waals surface area contributed by atoms with Crippen molar-refractivity contribution in [2.24, 2.45) is 0 Å². The van der Waals surface area contributed by atoms with E-state index in [2.05, 4.69) is 24.4 Å². The summed E-state index contributed by atoms with van der Waals surface area (Å²) < 4.78 is 11.6. The number of morpholine rings is 2. The number of nitrogens with zero attached hydrogens (tertiary/aromatic N) is 1. The summed E-state index contributed by atoms with van der Waals surface area (Å²) >= 11 is 0. The van der Waals surface area contributed by atoms with Crippen molar-refractivity contribution in [3.8, 4) is 0 Å². The number of amides is 1. The third-order valence-electron chi connectivity index (χ3n) is 4.45. The molecule has 0 spiro atoms. The number of carbonyl (C=O) groups excluding carboxylic acids is 1. The van der Waals surface area contributed by atoms with Crippen LogP contribution in [0.2, 0.25) is 0 Å². The highest BCUT2D eigenvalue weighted by Gasteiger charge is 2.35. The minimum atomic E-state index is -0.369. The Morgan fingerprint density at radius 3 is 2.78 bits per heavy atom. The molecule has 3 rings (SSSR count). The maximum atomic E-state index is 12.7. The van der Waals surface area contributed by atoms with Crippen LogP contribution in [0, 0.1) is 6.92 Å². The Hall–Kier alpha value is -1.14. The first kappa shape index (κ1) is 18.2. The lowest BCUT2D eigenvalue weighted by Gasteiger charge is -2.40. The van der Waals surface area contributed by atoms with Crippen LogP contribution >= 0.6 is 12.4 Å². The second-order valence-electron chi connectivity index (χ2n) is 6.08. The van der Waals surface area contributed by atoms with Crippen LogP contribution in [0.1, 0.15) is 24.2 Å². The molecule has 0 saturated carbocycles. The minimum absolute atomic E-state index is 0. The zero-order valence-corrected chi connectivity index (χ0v) is 14.5. The van der Waals surface area contributed by atoms with Crippen LogP contribution in [0.15, 0.2) is 24.3 Å². The predicted octanol–water partition coefficient (Wildman–Crippen LogP) is 1.69. The molecular weight excluding hydrogens is 316 g/mol. The second-order valence-corrected chi connectivity index (χ2v) is 6.08. The summed E-state index contributed by atoms with van der Waals surface area (Å²) in [5, 5.41) is 3.22. The summed E-state index contributed by atoms with van der Waals surface area (Å²) in [6, 6.07) is 8.28. The predicted molar refractivity (Wildman–Crippen MR) is 90.9 cm³/mol. The van der Waals surface area contributed by atoms with Crippen molar-refractivity contribution in [1.82, 2.24) is 10.2 Å². The van der Waals surface area contributed by atoms with Gasteiger partial charge in [-0.3, -0.25) is 4.79 Å². The SMILES string of the molecule is Cc1ccccc1C1CN(C(=O)C2CNCCO2)C(C)CO1.Cl. The quantitative estimate of drug-likeness (QED) is 0.890. The molecule has 1 N–H and O–H groups in total. The van der Waals surface area contributed by atoms with E-state index in [9.17, 15) is 4.79 Å². The lowest BCUT2D eigenvalue weighted by atomic mass is 10.0. The van der Waals surface area contributed by atoms with Crippen LogP contribution in [0.3, 0.4) is 0 Å². The molecule has 2 aliphatic heterocycles. The van der Waals surface area contributed by atoms with Gasteiger partial charge in [0.1, 0.15) is 12.2 Å². The summed E-state index contributed by atoms with van der Waals surface area (Å²) in [6.45, 7) is 7.26. The fourth-order valence-electron chi connectivity index (χ4n) is 3.11. The van der Waals surface area contributed by atoms with Crippen LogP contribution in [-0.4, -0.2) is 55.8 Å². The molecule has 128 valence electrons. The smallest absolute Gasteiger partial charge is 0.253 e. The molecule has 0 radical (unpaired) electrons. The topological polar surface area (TPSA) is 50.8 Å². The van der Waals surface area contributed by atoms with Crippen LogP contribution in [-0.2, 0) is 14.3 Å². The van der Waals surface area contributed by atoms with Crippen LogP contribution in [0.25, 0.3) is 0 Å². The second kappa shape index (κ2) is 8.11. The molecule has 1 aromatic rings. The number of ether oxygens (including phenoxy) is 2. The van der Waals surface area contributed by atoms with Gasteiger partial charge in [0.05, 0.1) is 25.8 Å². The van der Waals surface area contributed by atoms with E-state index in [4.69, 9.17) is 9.47 Å². The Balaban J connectivity index is 0.00000192. The van der Waals surface area contributed by atoms with Gasteiger partial charge in [0.15, 0.2) is 0 Å². The molecule has 0 aromatic heterocycles. The highest BCUT2D eigenvalue weighted by Crippen LogP contribution is 2.27. The third kappa shape index (κ3) is 4.04.